The predicted molar refractivity (Wildman–Crippen MR) is 100 cm³/mol. The number of rotatable bonds is 6. The number of carbonyl (C=O) groups excluding carboxylic acids is 1. The lowest BCUT2D eigenvalue weighted by molar-refractivity contribution is 0.0502. The molecule has 7 heteroatoms. The summed E-state index contributed by atoms with van der Waals surface area (Å²) in [5.74, 6) is -0.0793. The zero-order valence-corrected chi connectivity index (χ0v) is 15.7. The van der Waals surface area contributed by atoms with Crippen LogP contribution in [-0.4, -0.2) is 50.0 Å². The highest BCUT2D eigenvalue weighted by molar-refractivity contribution is 5.91. The highest BCUT2D eigenvalue weighted by Gasteiger charge is 2.26. The maximum absolute atomic E-state index is 13.2. The normalized spacial score (nSPS) is 20.7. The fourth-order valence-corrected chi connectivity index (χ4v) is 4.02. The number of nitrogens with zero attached hydrogens (tertiary/aromatic N) is 5. The molecule has 27 heavy (non-hydrogen) atoms. The third-order valence-electron chi connectivity index (χ3n) is 5.54. The minimum Gasteiger partial charge on any atom is -0.376 e. The summed E-state index contributed by atoms with van der Waals surface area (Å²) < 4.78 is 7.65. The van der Waals surface area contributed by atoms with Gasteiger partial charge in [0.25, 0.3) is 5.91 Å². The van der Waals surface area contributed by atoms with Crippen molar-refractivity contribution in [2.45, 2.75) is 63.6 Å². The summed E-state index contributed by atoms with van der Waals surface area (Å²) in [6.07, 6.45) is 13.5. The molecule has 3 heterocycles. The number of pyridine rings is 1. The van der Waals surface area contributed by atoms with Crippen molar-refractivity contribution in [1.82, 2.24) is 24.9 Å². The van der Waals surface area contributed by atoms with E-state index in [0.717, 1.165) is 37.9 Å². The van der Waals surface area contributed by atoms with Crippen molar-refractivity contribution in [1.29, 1.82) is 0 Å². The minimum absolute atomic E-state index is 0.0793. The summed E-state index contributed by atoms with van der Waals surface area (Å²) in [6.45, 7) is 1.88. The fraction of sp³-hybridized carbons (Fsp3) is 0.600. The molecular weight excluding hydrogens is 342 g/mol. The molecule has 2 fully saturated rings. The van der Waals surface area contributed by atoms with Crippen LogP contribution >= 0.6 is 0 Å². The lowest BCUT2D eigenvalue weighted by atomic mass is 9.96. The molecule has 0 N–H and O–H groups in total. The quantitative estimate of drug-likeness (QED) is 0.783. The van der Waals surface area contributed by atoms with Crippen molar-refractivity contribution in [3.05, 3.63) is 42.0 Å². The van der Waals surface area contributed by atoms with Gasteiger partial charge >= 0.3 is 0 Å². The highest BCUT2D eigenvalue weighted by Crippen LogP contribution is 2.27. The van der Waals surface area contributed by atoms with E-state index in [0.29, 0.717) is 24.8 Å². The van der Waals surface area contributed by atoms with Gasteiger partial charge in [0, 0.05) is 32.1 Å². The third-order valence-corrected chi connectivity index (χ3v) is 5.54. The molecule has 1 atom stereocenters. The Kier molecular flexibility index (Phi) is 5.77. The smallest absolute Gasteiger partial charge is 0.276 e. The number of hydrogen-bond donors (Lipinski definition) is 0. The van der Waals surface area contributed by atoms with Crippen LogP contribution < -0.4 is 0 Å². The van der Waals surface area contributed by atoms with Crippen LogP contribution in [-0.2, 0) is 11.3 Å². The van der Waals surface area contributed by atoms with Crippen LogP contribution in [0.3, 0.4) is 0 Å². The van der Waals surface area contributed by atoms with Gasteiger partial charge in [-0.05, 0) is 43.4 Å². The molecule has 1 amide bonds. The molecule has 0 radical (unpaired) electrons. The zero-order valence-electron chi connectivity index (χ0n) is 15.7. The van der Waals surface area contributed by atoms with Crippen LogP contribution in [0.4, 0.5) is 0 Å². The summed E-state index contributed by atoms with van der Waals surface area (Å²) in [7, 11) is 0. The molecule has 7 nitrogen and oxygen atoms in total. The van der Waals surface area contributed by atoms with Crippen molar-refractivity contribution in [3.8, 4) is 0 Å². The molecular formula is C20H27N5O2. The van der Waals surface area contributed by atoms with E-state index < -0.39 is 0 Å². The van der Waals surface area contributed by atoms with Gasteiger partial charge in [-0.25, -0.2) is 4.68 Å². The number of aromatic nitrogens is 4. The first kappa shape index (κ1) is 18.1. The van der Waals surface area contributed by atoms with Gasteiger partial charge in [-0.3, -0.25) is 9.78 Å². The third kappa shape index (κ3) is 4.53. The second kappa shape index (κ2) is 8.61. The monoisotopic (exact) mass is 369 g/mol. The van der Waals surface area contributed by atoms with E-state index in [1.54, 1.807) is 12.4 Å². The SMILES string of the molecule is O=C(c1cn(C2CCCCC2)nn1)N(Cc1ccncc1)C[C@H]1CCCO1. The molecule has 1 saturated heterocycles. The molecule has 2 aliphatic rings. The summed E-state index contributed by atoms with van der Waals surface area (Å²) in [6, 6.07) is 4.25. The average molecular weight is 369 g/mol. The van der Waals surface area contributed by atoms with Crippen molar-refractivity contribution in [2.75, 3.05) is 13.2 Å². The molecule has 1 aliphatic carbocycles. The lowest BCUT2D eigenvalue weighted by Crippen LogP contribution is -2.37. The molecule has 0 unspecified atom stereocenters. The second-order valence-corrected chi connectivity index (χ2v) is 7.55. The Morgan fingerprint density at radius 2 is 1.96 bits per heavy atom. The average Bonchev–Trinajstić information content (AvgIpc) is 3.41. The summed E-state index contributed by atoms with van der Waals surface area (Å²) in [5.41, 5.74) is 1.48. The van der Waals surface area contributed by atoms with E-state index >= 15 is 0 Å². The number of carbonyl (C=O) groups is 1. The molecule has 4 rings (SSSR count). The fourth-order valence-electron chi connectivity index (χ4n) is 4.02. The van der Waals surface area contributed by atoms with Crippen LogP contribution in [0.1, 0.15) is 67.0 Å². The van der Waals surface area contributed by atoms with Crippen LogP contribution in [0, 0.1) is 0 Å². The Hall–Kier alpha value is -2.28. The predicted octanol–water partition coefficient (Wildman–Crippen LogP) is 3.00. The van der Waals surface area contributed by atoms with E-state index in [9.17, 15) is 4.79 Å². The summed E-state index contributed by atoms with van der Waals surface area (Å²) in [5, 5.41) is 8.46. The van der Waals surface area contributed by atoms with E-state index in [2.05, 4.69) is 15.3 Å². The van der Waals surface area contributed by atoms with E-state index in [1.165, 1.54) is 19.3 Å². The van der Waals surface area contributed by atoms with Crippen molar-refractivity contribution in [2.24, 2.45) is 0 Å². The van der Waals surface area contributed by atoms with E-state index in [4.69, 9.17) is 4.74 Å². The first-order valence-electron chi connectivity index (χ1n) is 10.0. The number of amides is 1. The van der Waals surface area contributed by atoms with Gasteiger partial charge in [-0.1, -0.05) is 24.5 Å². The first-order chi connectivity index (χ1) is 13.3. The molecule has 1 aliphatic heterocycles. The highest BCUT2D eigenvalue weighted by atomic mass is 16.5. The van der Waals surface area contributed by atoms with Crippen LogP contribution in [0.15, 0.2) is 30.7 Å². The largest absolute Gasteiger partial charge is 0.376 e. The first-order valence-corrected chi connectivity index (χ1v) is 10.0. The summed E-state index contributed by atoms with van der Waals surface area (Å²) >= 11 is 0. The summed E-state index contributed by atoms with van der Waals surface area (Å²) in [4.78, 5) is 19.1. The van der Waals surface area contributed by atoms with Crippen molar-refractivity contribution in [3.63, 3.8) is 0 Å². The Labute approximate surface area is 159 Å². The Balaban J connectivity index is 1.49. The van der Waals surface area contributed by atoms with Gasteiger partial charge in [0.15, 0.2) is 5.69 Å². The van der Waals surface area contributed by atoms with Gasteiger partial charge in [0.1, 0.15) is 0 Å². The maximum atomic E-state index is 13.2. The van der Waals surface area contributed by atoms with Crippen LogP contribution in [0.25, 0.3) is 0 Å². The standard InChI is InChI=1S/C20H27N5O2/c26-20(19-15-25(23-22-19)17-5-2-1-3-6-17)24(14-18-7-4-12-27-18)13-16-8-10-21-11-9-16/h8-11,15,17-18H,1-7,12-14H2/t18-/m1/s1. The molecule has 1 saturated carbocycles. The number of ether oxygens (including phenoxy) is 1. The van der Waals surface area contributed by atoms with E-state index in [1.807, 2.05) is 27.9 Å². The van der Waals surface area contributed by atoms with Crippen molar-refractivity contribution < 1.29 is 9.53 Å². The van der Waals surface area contributed by atoms with Gasteiger partial charge in [0.2, 0.25) is 0 Å². The molecule has 2 aromatic heterocycles. The van der Waals surface area contributed by atoms with Gasteiger partial charge < -0.3 is 9.64 Å². The molecule has 0 aromatic carbocycles. The second-order valence-electron chi connectivity index (χ2n) is 7.55. The molecule has 2 aromatic rings. The number of hydrogen-bond acceptors (Lipinski definition) is 5. The van der Waals surface area contributed by atoms with Crippen LogP contribution in [0.2, 0.25) is 0 Å². The minimum atomic E-state index is -0.0793. The van der Waals surface area contributed by atoms with Gasteiger partial charge in [-0.15, -0.1) is 5.10 Å². The van der Waals surface area contributed by atoms with Crippen molar-refractivity contribution >= 4 is 5.91 Å². The van der Waals surface area contributed by atoms with Gasteiger partial charge in [0.05, 0.1) is 18.3 Å². The van der Waals surface area contributed by atoms with E-state index in [-0.39, 0.29) is 12.0 Å². The van der Waals surface area contributed by atoms with Gasteiger partial charge in [-0.2, -0.15) is 0 Å². The molecule has 0 bridgehead atoms. The Bertz CT molecular complexity index is 736. The topological polar surface area (TPSA) is 73.1 Å². The molecule has 0 spiro atoms. The Morgan fingerprint density at radius 3 is 2.70 bits per heavy atom. The maximum Gasteiger partial charge on any atom is 0.276 e. The zero-order chi connectivity index (χ0) is 18.5. The van der Waals surface area contributed by atoms with Crippen LogP contribution in [0.5, 0.6) is 0 Å². The Morgan fingerprint density at radius 1 is 1.15 bits per heavy atom. The molecule has 144 valence electrons. The lowest BCUT2D eigenvalue weighted by Gasteiger charge is -2.25.